The molecule has 98 valence electrons. The summed E-state index contributed by atoms with van der Waals surface area (Å²) in [5.41, 5.74) is 0. The number of rotatable bonds is 9. The molecule has 0 rings (SSSR count). The third-order valence-corrected chi connectivity index (χ3v) is 2.26. The van der Waals surface area contributed by atoms with Crippen LogP contribution in [0.3, 0.4) is 0 Å². The van der Waals surface area contributed by atoms with Gasteiger partial charge in [-0.2, -0.15) is 0 Å². The van der Waals surface area contributed by atoms with Crippen LogP contribution in [0.1, 0.15) is 38.5 Å². The fourth-order valence-corrected chi connectivity index (χ4v) is 1.28. The molecule has 0 bridgehead atoms. The molecule has 0 aliphatic rings. The van der Waals surface area contributed by atoms with Crippen molar-refractivity contribution in [2.75, 3.05) is 7.11 Å². The molecule has 0 amide bonds. The molecule has 0 aromatic heterocycles. The molecule has 0 radical (unpaired) electrons. The zero-order valence-corrected chi connectivity index (χ0v) is 11.1. The number of ether oxygens (including phenoxy) is 1. The average molecular weight is 246 g/mol. The van der Waals surface area contributed by atoms with Crippen LogP contribution in [-0.4, -0.2) is 13.1 Å². The van der Waals surface area contributed by atoms with Crippen LogP contribution in [0.2, 0.25) is 0 Å². The first-order valence-electron chi connectivity index (χ1n) is 6.26. The Labute approximate surface area is 110 Å². The van der Waals surface area contributed by atoms with Crippen molar-refractivity contribution >= 4 is 5.97 Å². The lowest BCUT2D eigenvalue weighted by Crippen LogP contribution is -1.98. The van der Waals surface area contributed by atoms with Crippen LogP contribution in [0.4, 0.5) is 0 Å². The summed E-state index contributed by atoms with van der Waals surface area (Å²) < 4.78 is 4.56. The zero-order chi connectivity index (χ0) is 13.5. The molecule has 0 spiro atoms. The Morgan fingerprint density at radius 2 is 1.72 bits per heavy atom. The standard InChI is InChI=1S/C16H22O2/c1-3-4-5-6-7-8-9-10-11-12-13-14-15-16(17)18-2/h1,5-6,8-9,11-12H,4,7,10,13-15H2,2H3/b6-5-,9-8-,12-11-. The number of esters is 1. The number of carbonyl (C=O) groups excluding carboxylic acids is 1. The van der Waals surface area contributed by atoms with Crippen molar-refractivity contribution in [3.05, 3.63) is 36.5 Å². The minimum absolute atomic E-state index is 0.137. The second kappa shape index (κ2) is 13.3. The van der Waals surface area contributed by atoms with Crippen LogP contribution >= 0.6 is 0 Å². The van der Waals surface area contributed by atoms with Crippen LogP contribution in [0.25, 0.3) is 0 Å². The van der Waals surface area contributed by atoms with Gasteiger partial charge < -0.3 is 4.74 Å². The molecule has 0 aliphatic heterocycles. The number of allylic oxidation sites excluding steroid dienone is 6. The van der Waals surface area contributed by atoms with E-state index in [1.807, 2.05) is 6.08 Å². The van der Waals surface area contributed by atoms with Gasteiger partial charge in [0.15, 0.2) is 0 Å². The van der Waals surface area contributed by atoms with Crippen LogP contribution < -0.4 is 0 Å². The van der Waals surface area contributed by atoms with Crippen molar-refractivity contribution in [2.45, 2.75) is 38.5 Å². The van der Waals surface area contributed by atoms with Crippen molar-refractivity contribution in [2.24, 2.45) is 0 Å². The molecule has 0 aromatic rings. The fraction of sp³-hybridized carbons (Fsp3) is 0.438. The molecule has 0 aromatic carbocycles. The van der Waals surface area contributed by atoms with E-state index in [1.165, 1.54) is 7.11 Å². The molecule has 2 heteroatoms. The Hall–Kier alpha value is -1.75. The Balaban J connectivity index is 3.40. The van der Waals surface area contributed by atoms with Gasteiger partial charge in [0.1, 0.15) is 0 Å². The zero-order valence-electron chi connectivity index (χ0n) is 11.1. The number of methoxy groups -OCH3 is 1. The lowest BCUT2D eigenvalue weighted by Gasteiger charge is -1.95. The molecule has 0 heterocycles. The Morgan fingerprint density at radius 3 is 2.33 bits per heavy atom. The van der Waals surface area contributed by atoms with E-state index in [1.54, 1.807) is 0 Å². The van der Waals surface area contributed by atoms with E-state index in [-0.39, 0.29) is 5.97 Å². The molecule has 0 N–H and O–H groups in total. The lowest BCUT2D eigenvalue weighted by atomic mass is 10.2. The van der Waals surface area contributed by atoms with Crippen LogP contribution in [0.5, 0.6) is 0 Å². The predicted molar refractivity (Wildman–Crippen MR) is 76.0 cm³/mol. The smallest absolute Gasteiger partial charge is 0.305 e. The summed E-state index contributed by atoms with van der Waals surface area (Å²) in [6.45, 7) is 0. The number of hydrogen-bond donors (Lipinski definition) is 0. The van der Waals surface area contributed by atoms with Crippen molar-refractivity contribution in [1.29, 1.82) is 0 Å². The minimum Gasteiger partial charge on any atom is -0.469 e. The van der Waals surface area contributed by atoms with Crippen molar-refractivity contribution in [3.8, 4) is 12.3 Å². The quantitative estimate of drug-likeness (QED) is 0.268. The van der Waals surface area contributed by atoms with Gasteiger partial charge in [0.05, 0.1) is 7.11 Å². The summed E-state index contributed by atoms with van der Waals surface area (Å²) in [7, 11) is 1.42. The van der Waals surface area contributed by atoms with Gasteiger partial charge in [-0.25, -0.2) is 0 Å². The first kappa shape index (κ1) is 16.2. The van der Waals surface area contributed by atoms with Gasteiger partial charge in [-0.1, -0.05) is 36.5 Å². The first-order chi connectivity index (χ1) is 8.81. The number of unbranched alkanes of at least 4 members (excludes halogenated alkanes) is 1. The maximum Gasteiger partial charge on any atom is 0.305 e. The molecule has 2 nitrogen and oxygen atoms in total. The van der Waals surface area contributed by atoms with Crippen LogP contribution in [0, 0.1) is 12.3 Å². The van der Waals surface area contributed by atoms with Gasteiger partial charge in [0.2, 0.25) is 0 Å². The summed E-state index contributed by atoms with van der Waals surface area (Å²) in [4.78, 5) is 10.8. The summed E-state index contributed by atoms with van der Waals surface area (Å²) in [6.07, 6.45) is 22.5. The van der Waals surface area contributed by atoms with Crippen molar-refractivity contribution in [1.82, 2.24) is 0 Å². The molecular formula is C16H22O2. The van der Waals surface area contributed by atoms with Gasteiger partial charge in [-0.05, 0) is 25.7 Å². The SMILES string of the molecule is C#CC/C=C\C/C=C\C/C=C\CCCC(=O)OC. The maximum absolute atomic E-state index is 10.8. The average Bonchev–Trinajstić information content (AvgIpc) is 2.39. The minimum atomic E-state index is -0.137. The third kappa shape index (κ3) is 12.3. The molecule has 0 fully saturated rings. The fourth-order valence-electron chi connectivity index (χ4n) is 1.28. The number of terminal acetylenes is 1. The Bertz CT molecular complexity index is 329. The monoisotopic (exact) mass is 246 g/mol. The largest absolute Gasteiger partial charge is 0.469 e. The van der Waals surface area contributed by atoms with Gasteiger partial charge in [-0.15, -0.1) is 12.3 Å². The molecule has 0 aliphatic carbocycles. The Kier molecular flexibility index (Phi) is 12.0. The number of hydrogen-bond acceptors (Lipinski definition) is 2. The van der Waals surface area contributed by atoms with E-state index in [2.05, 4.69) is 41.0 Å². The van der Waals surface area contributed by atoms with E-state index in [0.29, 0.717) is 12.8 Å². The molecular weight excluding hydrogens is 224 g/mol. The number of carbonyl (C=O) groups is 1. The second-order valence-electron chi connectivity index (χ2n) is 3.76. The summed E-state index contributed by atoms with van der Waals surface area (Å²) in [6, 6.07) is 0. The van der Waals surface area contributed by atoms with E-state index in [9.17, 15) is 4.79 Å². The lowest BCUT2D eigenvalue weighted by molar-refractivity contribution is -0.140. The maximum atomic E-state index is 10.8. The molecule has 18 heavy (non-hydrogen) atoms. The third-order valence-electron chi connectivity index (χ3n) is 2.26. The highest BCUT2D eigenvalue weighted by atomic mass is 16.5. The van der Waals surface area contributed by atoms with Crippen LogP contribution in [0.15, 0.2) is 36.5 Å². The normalized spacial score (nSPS) is 11.3. The van der Waals surface area contributed by atoms with Gasteiger partial charge in [0, 0.05) is 12.8 Å². The molecule has 0 saturated heterocycles. The highest BCUT2D eigenvalue weighted by molar-refractivity contribution is 5.68. The van der Waals surface area contributed by atoms with E-state index in [4.69, 9.17) is 6.42 Å². The first-order valence-corrected chi connectivity index (χ1v) is 6.26. The van der Waals surface area contributed by atoms with Gasteiger partial charge in [0.25, 0.3) is 0 Å². The van der Waals surface area contributed by atoms with Crippen LogP contribution in [-0.2, 0) is 9.53 Å². The molecule has 0 atom stereocenters. The Morgan fingerprint density at radius 1 is 1.11 bits per heavy atom. The van der Waals surface area contributed by atoms with E-state index < -0.39 is 0 Å². The van der Waals surface area contributed by atoms with Crippen molar-refractivity contribution < 1.29 is 9.53 Å². The summed E-state index contributed by atoms with van der Waals surface area (Å²) in [5.74, 6) is 2.42. The second-order valence-corrected chi connectivity index (χ2v) is 3.76. The van der Waals surface area contributed by atoms with E-state index in [0.717, 1.165) is 25.7 Å². The van der Waals surface area contributed by atoms with Gasteiger partial charge in [-0.3, -0.25) is 4.79 Å². The summed E-state index contributed by atoms with van der Waals surface area (Å²) in [5, 5.41) is 0. The predicted octanol–water partition coefficient (Wildman–Crippen LogP) is 3.80. The highest BCUT2D eigenvalue weighted by Gasteiger charge is 1.96. The molecule has 0 saturated carbocycles. The van der Waals surface area contributed by atoms with Gasteiger partial charge >= 0.3 is 5.97 Å². The summed E-state index contributed by atoms with van der Waals surface area (Å²) >= 11 is 0. The topological polar surface area (TPSA) is 26.3 Å². The van der Waals surface area contributed by atoms with E-state index >= 15 is 0 Å². The van der Waals surface area contributed by atoms with Crippen molar-refractivity contribution in [3.63, 3.8) is 0 Å². The molecule has 0 unspecified atom stereocenters. The highest BCUT2D eigenvalue weighted by Crippen LogP contribution is 1.99.